The molecule has 1 unspecified atom stereocenters. The predicted molar refractivity (Wildman–Crippen MR) is 28.9 cm³/mol. The van der Waals surface area contributed by atoms with Gasteiger partial charge in [-0.15, -0.1) is 0 Å². The number of hydrogen-bond donors (Lipinski definition) is 0. The smallest absolute Gasteiger partial charge is 0.337 e. The predicted octanol–water partition coefficient (Wildman–Crippen LogP) is 0.0908. The number of ether oxygens (including phenoxy) is 2. The Bertz CT molecular complexity index is 135. The van der Waals surface area contributed by atoms with E-state index in [2.05, 4.69) is 0 Å². The van der Waals surface area contributed by atoms with Crippen LogP contribution in [-0.4, -0.2) is 24.8 Å². The molecule has 1 saturated carbocycles. The first kappa shape index (κ1) is 5.23. The maximum Gasteiger partial charge on any atom is 0.337 e. The number of carbonyl (C=O) groups is 1. The molecule has 0 radical (unpaired) electrons. The zero-order valence-corrected chi connectivity index (χ0v) is 5.00. The summed E-state index contributed by atoms with van der Waals surface area (Å²) in [6.45, 7) is 0.561. The molecule has 0 aromatic heterocycles. The normalized spacial score (nSPS) is 31.8. The van der Waals surface area contributed by atoms with Crippen molar-refractivity contribution in [2.75, 3.05) is 6.61 Å². The molecule has 3 nitrogen and oxygen atoms in total. The van der Waals surface area contributed by atoms with Gasteiger partial charge in [-0.05, 0) is 12.8 Å². The summed E-state index contributed by atoms with van der Waals surface area (Å²) in [4.78, 5) is 10.7. The van der Waals surface area contributed by atoms with Crippen molar-refractivity contribution < 1.29 is 14.3 Å². The fourth-order valence-corrected chi connectivity index (χ4v) is 0.610. The van der Waals surface area contributed by atoms with Gasteiger partial charge in [0, 0.05) is 0 Å². The topological polar surface area (TPSA) is 38.8 Å². The minimum absolute atomic E-state index is 0.169. The first-order valence-corrected chi connectivity index (χ1v) is 3.18. The molecule has 1 atom stereocenters. The Morgan fingerprint density at radius 1 is 1.56 bits per heavy atom. The van der Waals surface area contributed by atoms with Gasteiger partial charge in [-0.2, -0.15) is 0 Å². The number of rotatable bonds is 2. The molecule has 0 aromatic carbocycles. The van der Waals surface area contributed by atoms with E-state index in [1.165, 1.54) is 0 Å². The van der Waals surface area contributed by atoms with Crippen molar-refractivity contribution in [3.63, 3.8) is 0 Å². The van der Waals surface area contributed by atoms with E-state index < -0.39 is 0 Å². The monoisotopic (exact) mass is 128 g/mol. The molecule has 0 spiro atoms. The fraction of sp³-hybridized carbons (Fsp3) is 0.833. The summed E-state index contributed by atoms with van der Waals surface area (Å²) in [5, 5.41) is 0. The van der Waals surface area contributed by atoms with E-state index in [1.807, 2.05) is 0 Å². The Balaban J connectivity index is 1.75. The van der Waals surface area contributed by atoms with E-state index in [9.17, 15) is 4.79 Å². The minimum atomic E-state index is -0.217. The van der Waals surface area contributed by atoms with Crippen LogP contribution in [0, 0.1) is 0 Å². The summed E-state index contributed by atoms with van der Waals surface area (Å²) in [6, 6.07) is 0. The molecule has 1 aliphatic heterocycles. The lowest BCUT2D eigenvalue weighted by atomic mass is 10.5. The standard InChI is InChI=1S/C6H8O3/c7-6(5-3-8-5)9-4-1-2-4/h4-5H,1-3H2. The van der Waals surface area contributed by atoms with Gasteiger partial charge in [0.05, 0.1) is 6.61 Å². The third kappa shape index (κ3) is 1.21. The van der Waals surface area contributed by atoms with Crippen LogP contribution >= 0.6 is 0 Å². The molecule has 0 aromatic rings. The number of carbonyl (C=O) groups excluding carboxylic acids is 1. The van der Waals surface area contributed by atoms with Gasteiger partial charge in [-0.3, -0.25) is 0 Å². The van der Waals surface area contributed by atoms with Gasteiger partial charge >= 0.3 is 5.97 Å². The minimum Gasteiger partial charge on any atom is -0.460 e. The van der Waals surface area contributed by atoms with E-state index in [4.69, 9.17) is 9.47 Å². The van der Waals surface area contributed by atoms with Gasteiger partial charge in [0.1, 0.15) is 6.10 Å². The van der Waals surface area contributed by atoms with Crippen LogP contribution in [0.3, 0.4) is 0 Å². The first-order valence-electron chi connectivity index (χ1n) is 3.18. The zero-order valence-electron chi connectivity index (χ0n) is 5.00. The molecule has 1 aliphatic carbocycles. The summed E-state index contributed by atoms with van der Waals surface area (Å²) >= 11 is 0. The maximum absolute atomic E-state index is 10.7. The average Bonchev–Trinajstić information content (AvgIpc) is 2.62. The van der Waals surface area contributed by atoms with Crippen molar-refractivity contribution in [2.24, 2.45) is 0 Å². The third-order valence-corrected chi connectivity index (χ3v) is 1.40. The molecule has 9 heavy (non-hydrogen) atoms. The molecule has 0 N–H and O–H groups in total. The Morgan fingerprint density at radius 2 is 2.22 bits per heavy atom. The second-order valence-electron chi connectivity index (χ2n) is 2.46. The van der Waals surface area contributed by atoms with Crippen molar-refractivity contribution in [3.05, 3.63) is 0 Å². The third-order valence-electron chi connectivity index (χ3n) is 1.40. The van der Waals surface area contributed by atoms with E-state index in [-0.39, 0.29) is 18.2 Å². The van der Waals surface area contributed by atoms with Crippen LogP contribution in [0.4, 0.5) is 0 Å². The van der Waals surface area contributed by atoms with Gasteiger partial charge in [0.2, 0.25) is 0 Å². The van der Waals surface area contributed by atoms with Gasteiger partial charge in [0.15, 0.2) is 6.10 Å². The zero-order chi connectivity index (χ0) is 6.27. The Kier molecular flexibility index (Phi) is 0.990. The lowest BCUT2D eigenvalue weighted by Crippen LogP contribution is -2.12. The van der Waals surface area contributed by atoms with Crippen LogP contribution in [0.15, 0.2) is 0 Å². The van der Waals surface area contributed by atoms with Crippen molar-refractivity contribution in [2.45, 2.75) is 25.0 Å². The summed E-state index contributed by atoms with van der Waals surface area (Å²) in [7, 11) is 0. The van der Waals surface area contributed by atoms with Crippen LogP contribution in [0.5, 0.6) is 0 Å². The molecule has 3 heteroatoms. The van der Waals surface area contributed by atoms with Crippen LogP contribution in [0.25, 0.3) is 0 Å². The van der Waals surface area contributed by atoms with Crippen molar-refractivity contribution in [3.8, 4) is 0 Å². The second-order valence-corrected chi connectivity index (χ2v) is 2.46. The van der Waals surface area contributed by atoms with E-state index in [1.54, 1.807) is 0 Å². The quantitative estimate of drug-likeness (QED) is 0.391. The second kappa shape index (κ2) is 1.70. The van der Waals surface area contributed by atoms with Gasteiger partial charge < -0.3 is 9.47 Å². The first-order chi connectivity index (χ1) is 4.36. The Labute approximate surface area is 52.9 Å². The molecule has 2 fully saturated rings. The highest BCUT2D eigenvalue weighted by Gasteiger charge is 2.37. The lowest BCUT2D eigenvalue weighted by Gasteiger charge is -1.96. The molecule has 0 amide bonds. The molecule has 2 aliphatic rings. The maximum atomic E-state index is 10.7. The van der Waals surface area contributed by atoms with E-state index in [0.717, 1.165) is 12.8 Å². The molecule has 1 heterocycles. The van der Waals surface area contributed by atoms with E-state index in [0.29, 0.717) is 6.61 Å². The average molecular weight is 128 g/mol. The van der Waals surface area contributed by atoms with Gasteiger partial charge in [0.25, 0.3) is 0 Å². The summed E-state index contributed by atoms with van der Waals surface area (Å²) in [6.07, 6.45) is 2.09. The Hall–Kier alpha value is -0.570. The van der Waals surface area contributed by atoms with E-state index >= 15 is 0 Å². The van der Waals surface area contributed by atoms with Crippen LogP contribution in [0.1, 0.15) is 12.8 Å². The highest BCUT2D eigenvalue weighted by atomic mass is 16.6. The summed E-state index contributed by atoms with van der Waals surface area (Å²) < 4.78 is 9.65. The molecule has 2 rings (SSSR count). The number of hydrogen-bond acceptors (Lipinski definition) is 3. The van der Waals surface area contributed by atoms with Crippen LogP contribution in [-0.2, 0) is 14.3 Å². The summed E-state index contributed by atoms with van der Waals surface area (Å²) in [5.74, 6) is -0.169. The molecule has 50 valence electrons. The molecular formula is C6H8O3. The van der Waals surface area contributed by atoms with Crippen molar-refractivity contribution >= 4 is 5.97 Å². The lowest BCUT2D eigenvalue weighted by molar-refractivity contribution is -0.146. The largest absolute Gasteiger partial charge is 0.460 e. The highest BCUT2D eigenvalue weighted by molar-refractivity contribution is 5.77. The van der Waals surface area contributed by atoms with Crippen molar-refractivity contribution in [1.29, 1.82) is 0 Å². The highest BCUT2D eigenvalue weighted by Crippen LogP contribution is 2.25. The van der Waals surface area contributed by atoms with Crippen molar-refractivity contribution in [1.82, 2.24) is 0 Å². The fourth-order valence-electron chi connectivity index (χ4n) is 0.610. The molecular weight excluding hydrogens is 120 g/mol. The molecule has 0 bridgehead atoms. The number of esters is 1. The SMILES string of the molecule is O=C(OC1CC1)C1CO1. The Morgan fingerprint density at radius 3 is 2.67 bits per heavy atom. The van der Waals surface area contributed by atoms with Gasteiger partial charge in [-0.25, -0.2) is 4.79 Å². The van der Waals surface area contributed by atoms with Crippen LogP contribution in [0.2, 0.25) is 0 Å². The summed E-state index contributed by atoms with van der Waals surface area (Å²) in [5.41, 5.74) is 0. The van der Waals surface area contributed by atoms with Gasteiger partial charge in [-0.1, -0.05) is 0 Å². The molecule has 1 saturated heterocycles. The van der Waals surface area contributed by atoms with Crippen LogP contribution < -0.4 is 0 Å². The number of epoxide rings is 1.